The van der Waals surface area contributed by atoms with Crippen LogP contribution in [-0.2, 0) is 6.54 Å². The van der Waals surface area contributed by atoms with Gasteiger partial charge in [-0.1, -0.05) is 44.0 Å². The number of nitrogens with one attached hydrogen (secondary N) is 1. The minimum atomic E-state index is 0.555. The van der Waals surface area contributed by atoms with Crippen molar-refractivity contribution in [3.63, 3.8) is 0 Å². The van der Waals surface area contributed by atoms with Crippen LogP contribution in [0.1, 0.15) is 38.3 Å². The zero-order valence-corrected chi connectivity index (χ0v) is 13.9. The summed E-state index contributed by atoms with van der Waals surface area (Å²) in [6.45, 7) is 12.1. The zero-order valence-electron chi connectivity index (χ0n) is 13.1. The third-order valence-electron chi connectivity index (χ3n) is 4.54. The van der Waals surface area contributed by atoms with E-state index in [1.807, 2.05) is 0 Å². The number of rotatable bonds is 4. The van der Waals surface area contributed by atoms with Gasteiger partial charge in [0.15, 0.2) is 0 Å². The first-order valence-electron chi connectivity index (χ1n) is 7.73. The lowest BCUT2D eigenvalue weighted by atomic mass is 9.94. The van der Waals surface area contributed by atoms with Crippen LogP contribution in [0.5, 0.6) is 0 Å². The maximum atomic E-state index is 6.40. The van der Waals surface area contributed by atoms with Gasteiger partial charge in [0.25, 0.3) is 0 Å². The fourth-order valence-electron chi connectivity index (χ4n) is 3.02. The largest absolute Gasteiger partial charge is 0.311 e. The molecule has 112 valence electrons. The van der Waals surface area contributed by atoms with Gasteiger partial charge in [-0.15, -0.1) is 0 Å². The standard InChI is InChI=1S/C17H27ClN2/c1-5-13(3)17-9-19-14(4)10-20(17)11-15-7-6-12(2)8-16(15)18/h6-8,13-14,17,19H,5,9-11H2,1-4H3. The van der Waals surface area contributed by atoms with Crippen molar-refractivity contribution in [2.75, 3.05) is 13.1 Å². The molecule has 1 fully saturated rings. The topological polar surface area (TPSA) is 15.3 Å². The summed E-state index contributed by atoms with van der Waals surface area (Å²) in [6, 6.07) is 7.57. The van der Waals surface area contributed by atoms with Crippen molar-refractivity contribution in [1.29, 1.82) is 0 Å². The van der Waals surface area contributed by atoms with Gasteiger partial charge in [-0.25, -0.2) is 0 Å². The zero-order chi connectivity index (χ0) is 14.7. The Labute approximate surface area is 128 Å². The predicted molar refractivity (Wildman–Crippen MR) is 87.3 cm³/mol. The molecule has 3 unspecified atom stereocenters. The first-order valence-corrected chi connectivity index (χ1v) is 8.11. The third-order valence-corrected chi connectivity index (χ3v) is 4.89. The van der Waals surface area contributed by atoms with E-state index in [1.165, 1.54) is 17.5 Å². The lowest BCUT2D eigenvalue weighted by Gasteiger charge is -2.42. The first-order chi connectivity index (χ1) is 9.51. The number of benzene rings is 1. The Morgan fingerprint density at radius 2 is 2.20 bits per heavy atom. The van der Waals surface area contributed by atoms with E-state index in [4.69, 9.17) is 11.6 Å². The van der Waals surface area contributed by atoms with Gasteiger partial charge in [-0.2, -0.15) is 0 Å². The van der Waals surface area contributed by atoms with Crippen molar-refractivity contribution in [2.45, 2.75) is 52.7 Å². The van der Waals surface area contributed by atoms with Gasteiger partial charge in [0, 0.05) is 36.7 Å². The fraction of sp³-hybridized carbons (Fsp3) is 0.647. The van der Waals surface area contributed by atoms with Crippen molar-refractivity contribution in [3.8, 4) is 0 Å². The molecule has 0 aliphatic carbocycles. The summed E-state index contributed by atoms with van der Waals surface area (Å²) in [5.74, 6) is 0.708. The quantitative estimate of drug-likeness (QED) is 0.907. The first kappa shape index (κ1) is 15.8. The molecule has 2 rings (SSSR count). The third kappa shape index (κ3) is 3.75. The summed E-state index contributed by atoms with van der Waals surface area (Å²) < 4.78 is 0. The van der Waals surface area contributed by atoms with Crippen molar-refractivity contribution >= 4 is 11.6 Å². The number of aryl methyl sites for hydroxylation is 1. The molecule has 1 aromatic rings. The van der Waals surface area contributed by atoms with Crippen molar-refractivity contribution in [1.82, 2.24) is 10.2 Å². The Balaban J connectivity index is 2.14. The van der Waals surface area contributed by atoms with Crippen LogP contribution in [0.15, 0.2) is 18.2 Å². The summed E-state index contributed by atoms with van der Waals surface area (Å²) in [4.78, 5) is 2.60. The van der Waals surface area contributed by atoms with Gasteiger partial charge < -0.3 is 5.32 Å². The monoisotopic (exact) mass is 294 g/mol. The molecule has 1 aliphatic rings. The van der Waals surface area contributed by atoms with Crippen LogP contribution < -0.4 is 5.32 Å². The smallest absolute Gasteiger partial charge is 0.0453 e. The Morgan fingerprint density at radius 3 is 2.85 bits per heavy atom. The molecule has 1 saturated heterocycles. The van der Waals surface area contributed by atoms with Gasteiger partial charge in [-0.3, -0.25) is 4.90 Å². The van der Waals surface area contributed by atoms with Crippen molar-refractivity contribution in [3.05, 3.63) is 34.3 Å². The van der Waals surface area contributed by atoms with Crippen LogP contribution in [0.25, 0.3) is 0 Å². The average Bonchev–Trinajstić information content (AvgIpc) is 2.41. The van der Waals surface area contributed by atoms with E-state index in [2.05, 4.69) is 56.1 Å². The molecule has 1 N–H and O–H groups in total. The Kier molecular flexibility index (Phi) is 5.48. The highest BCUT2D eigenvalue weighted by atomic mass is 35.5. The van der Waals surface area contributed by atoms with Gasteiger partial charge in [0.05, 0.1) is 0 Å². The molecule has 1 aliphatic heterocycles. The SMILES string of the molecule is CCC(C)C1CNC(C)CN1Cc1ccc(C)cc1Cl. The molecule has 3 atom stereocenters. The van der Waals surface area contributed by atoms with Crippen molar-refractivity contribution in [2.24, 2.45) is 5.92 Å². The van der Waals surface area contributed by atoms with E-state index in [1.54, 1.807) is 0 Å². The maximum absolute atomic E-state index is 6.40. The molecule has 0 bridgehead atoms. The summed E-state index contributed by atoms with van der Waals surface area (Å²) in [7, 11) is 0. The highest BCUT2D eigenvalue weighted by molar-refractivity contribution is 6.31. The molecule has 0 aromatic heterocycles. The Morgan fingerprint density at radius 1 is 1.45 bits per heavy atom. The van der Waals surface area contributed by atoms with E-state index in [9.17, 15) is 0 Å². The summed E-state index contributed by atoms with van der Waals surface area (Å²) in [5.41, 5.74) is 2.48. The van der Waals surface area contributed by atoms with E-state index in [0.29, 0.717) is 18.0 Å². The Bertz CT molecular complexity index is 447. The molecule has 3 heteroatoms. The van der Waals surface area contributed by atoms with E-state index < -0.39 is 0 Å². The second-order valence-corrected chi connectivity index (χ2v) is 6.69. The maximum Gasteiger partial charge on any atom is 0.0453 e. The highest BCUT2D eigenvalue weighted by Gasteiger charge is 2.29. The fourth-order valence-corrected chi connectivity index (χ4v) is 3.31. The van der Waals surface area contributed by atoms with E-state index in [0.717, 1.165) is 24.7 Å². The van der Waals surface area contributed by atoms with Crippen LogP contribution in [0.2, 0.25) is 5.02 Å². The van der Waals surface area contributed by atoms with Crippen LogP contribution in [0.3, 0.4) is 0 Å². The van der Waals surface area contributed by atoms with Crippen LogP contribution in [0, 0.1) is 12.8 Å². The van der Waals surface area contributed by atoms with Gasteiger partial charge in [-0.05, 0) is 37.0 Å². The second-order valence-electron chi connectivity index (χ2n) is 6.29. The highest BCUT2D eigenvalue weighted by Crippen LogP contribution is 2.24. The lowest BCUT2D eigenvalue weighted by Crippen LogP contribution is -2.57. The number of hydrogen-bond donors (Lipinski definition) is 1. The van der Waals surface area contributed by atoms with Gasteiger partial charge >= 0.3 is 0 Å². The molecular weight excluding hydrogens is 268 g/mol. The van der Waals surface area contributed by atoms with E-state index in [-0.39, 0.29) is 0 Å². The van der Waals surface area contributed by atoms with Crippen LogP contribution in [-0.4, -0.2) is 30.1 Å². The molecular formula is C17H27ClN2. The minimum absolute atomic E-state index is 0.555. The molecule has 0 radical (unpaired) electrons. The number of halogens is 1. The van der Waals surface area contributed by atoms with E-state index >= 15 is 0 Å². The molecule has 0 amide bonds. The second kappa shape index (κ2) is 6.93. The summed E-state index contributed by atoms with van der Waals surface area (Å²) in [6.07, 6.45) is 1.22. The average molecular weight is 295 g/mol. The molecule has 1 heterocycles. The predicted octanol–water partition coefficient (Wildman–Crippen LogP) is 3.86. The van der Waals surface area contributed by atoms with Crippen LogP contribution in [0.4, 0.5) is 0 Å². The lowest BCUT2D eigenvalue weighted by molar-refractivity contribution is 0.0885. The Hall–Kier alpha value is -0.570. The normalized spacial score (nSPS) is 25.6. The molecule has 20 heavy (non-hydrogen) atoms. The van der Waals surface area contributed by atoms with Crippen molar-refractivity contribution < 1.29 is 0 Å². The number of nitrogens with zero attached hydrogens (tertiary/aromatic N) is 1. The van der Waals surface area contributed by atoms with Gasteiger partial charge in [0.2, 0.25) is 0 Å². The molecule has 0 spiro atoms. The van der Waals surface area contributed by atoms with Crippen LogP contribution >= 0.6 is 11.6 Å². The molecule has 2 nitrogen and oxygen atoms in total. The molecule has 1 aromatic carbocycles. The number of piperazine rings is 1. The summed E-state index contributed by atoms with van der Waals surface area (Å²) in [5, 5.41) is 4.51. The van der Waals surface area contributed by atoms with Gasteiger partial charge in [0.1, 0.15) is 0 Å². The molecule has 0 saturated carbocycles. The minimum Gasteiger partial charge on any atom is -0.311 e. The summed E-state index contributed by atoms with van der Waals surface area (Å²) >= 11 is 6.40. The number of hydrogen-bond acceptors (Lipinski definition) is 2.